The van der Waals surface area contributed by atoms with Crippen molar-refractivity contribution < 1.29 is 5.11 Å². The summed E-state index contributed by atoms with van der Waals surface area (Å²) in [6.07, 6.45) is 8.26. The van der Waals surface area contributed by atoms with E-state index in [2.05, 4.69) is 18.9 Å². The van der Waals surface area contributed by atoms with Crippen LogP contribution >= 0.6 is 11.3 Å². The van der Waals surface area contributed by atoms with Crippen LogP contribution in [0.5, 0.6) is 0 Å². The van der Waals surface area contributed by atoms with E-state index >= 15 is 0 Å². The van der Waals surface area contributed by atoms with Gasteiger partial charge in [0.05, 0.1) is 6.10 Å². The van der Waals surface area contributed by atoms with Crippen molar-refractivity contribution in [2.45, 2.75) is 38.7 Å². The zero-order chi connectivity index (χ0) is 10.4. The summed E-state index contributed by atoms with van der Waals surface area (Å²) in [4.78, 5) is 1.12. The Morgan fingerprint density at radius 2 is 2.43 bits per heavy atom. The second-order valence-corrected chi connectivity index (χ2v) is 4.22. The van der Waals surface area contributed by atoms with Crippen molar-refractivity contribution in [3.05, 3.63) is 21.9 Å². The molecule has 1 atom stereocenters. The van der Waals surface area contributed by atoms with E-state index in [1.54, 1.807) is 11.3 Å². The summed E-state index contributed by atoms with van der Waals surface area (Å²) in [6.45, 7) is 2.11. The van der Waals surface area contributed by atoms with E-state index in [9.17, 15) is 5.11 Å². The van der Waals surface area contributed by atoms with Gasteiger partial charge in [0, 0.05) is 11.3 Å². The third-order valence-electron chi connectivity index (χ3n) is 2.26. The number of unbranched alkanes of at least 4 members (excludes halogenated alkanes) is 1. The highest BCUT2D eigenvalue weighted by Gasteiger charge is 2.12. The number of aliphatic hydroxyl groups excluding tert-OH is 1. The maximum atomic E-state index is 9.89. The smallest absolute Gasteiger partial charge is 0.0885 e. The topological polar surface area (TPSA) is 20.2 Å². The van der Waals surface area contributed by atoms with Crippen LogP contribution < -0.4 is 0 Å². The van der Waals surface area contributed by atoms with Crippen molar-refractivity contribution in [3.63, 3.8) is 0 Å². The van der Waals surface area contributed by atoms with Crippen LogP contribution in [-0.4, -0.2) is 5.11 Å². The van der Waals surface area contributed by atoms with Crippen LogP contribution in [0.2, 0.25) is 0 Å². The van der Waals surface area contributed by atoms with Gasteiger partial charge in [0.15, 0.2) is 0 Å². The Kier molecular flexibility index (Phi) is 4.72. The fraction of sp³-hybridized carbons (Fsp3) is 0.500. The van der Waals surface area contributed by atoms with Crippen molar-refractivity contribution in [1.29, 1.82) is 0 Å². The molecule has 0 aromatic carbocycles. The van der Waals surface area contributed by atoms with Crippen LogP contribution in [0, 0.1) is 12.3 Å². The average molecular weight is 208 g/mol. The SMILES string of the molecule is C#CCCCC(O)c1sccc1CC. The minimum atomic E-state index is -0.321. The molecule has 0 fully saturated rings. The molecule has 0 aliphatic carbocycles. The first kappa shape index (κ1) is 11.3. The molecule has 76 valence electrons. The Morgan fingerprint density at radius 1 is 1.64 bits per heavy atom. The molecule has 0 spiro atoms. The van der Waals surface area contributed by atoms with Gasteiger partial charge in [-0.25, -0.2) is 0 Å². The molecule has 0 radical (unpaired) electrons. The molecule has 0 aliphatic rings. The number of hydrogen-bond donors (Lipinski definition) is 1. The van der Waals surface area contributed by atoms with E-state index in [0.717, 1.165) is 30.6 Å². The maximum Gasteiger partial charge on any atom is 0.0885 e. The first-order valence-corrected chi connectivity index (χ1v) is 5.85. The van der Waals surface area contributed by atoms with Gasteiger partial charge in [-0.05, 0) is 36.3 Å². The fourth-order valence-electron chi connectivity index (χ4n) is 1.46. The Hall–Kier alpha value is -0.780. The summed E-state index contributed by atoms with van der Waals surface area (Å²) < 4.78 is 0. The van der Waals surface area contributed by atoms with Crippen LogP contribution in [0.25, 0.3) is 0 Å². The zero-order valence-electron chi connectivity index (χ0n) is 8.49. The summed E-state index contributed by atoms with van der Waals surface area (Å²) in [5.41, 5.74) is 1.27. The quantitative estimate of drug-likeness (QED) is 0.582. The zero-order valence-corrected chi connectivity index (χ0v) is 9.31. The normalized spacial score (nSPS) is 12.4. The average Bonchev–Trinajstić information content (AvgIpc) is 2.65. The molecule has 1 aromatic heterocycles. The van der Waals surface area contributed by atoms with Gasteiger partial charge in [0.25, 0.3) is 0 Å². The molecule has 1 nitrogen and oxygen atoms in total. The van der Waals surface area contributed by atoms with E-state index in [-0.39, 0.29) is 6.10 Å². The molecule has 0 amide bonds. The van der Waals surface area contributed by atoms with Crippen molar-refractivity contribution in [2.75, 3.05) is 0 Å². The van der Waals surface area contributed by atoms with Gasteiger partial charge in [-0.15, -0.1) is 23.7 Å². The molecule has 14 heavy (non-hydrogen) atoms. The Labute approximate surface area is 89.8 Å². The van der Waals surface area contributed by atoms with Gasteiger partial charge >= 0.3 is 0 Å². The van der Waals surface area contributed by atoms with Gasteiger partial charge in [-0.3, -0.25) is 0 Å². The molecule has 1 rings (SSSR count). The minimum Gasteiger partial charge on any atom is -0.388 e. The van der Waals surface area contributed by atoms with Crippen molar-refractivity contribution in [1.82, 2.24) is 0 Å². The van der Waals surface area contributed by atoms with E-state index in [1.807, 2.05) is 5.38 Å². The predicted molar refractivity (Wildman–Crippen MR) is 61.3 cm³/mol. The van der Waals surface area contributed by atoms with Crippen molar-refractivity contribution >= 4 is 11.3 Å². The highest BCUT2D eigenvalue weighted by molar-refractivity contribution is 7.10. The van der Waals surface area contributed by atoms with Gasteiger partial charge < -0.3 is 5.11 Å². The Morgan fingerprint density at radius 3 is 3.07 bits per heavy atom. The maximum absolute atomic E-state index is 9.89. The number of thiophene rings is 1. The lowest BCUT2D eigenvalue weighted by atomic mass is 10.1. The highest BCUT2D eigenvalue weighted by atomic mass is 32.1. The number of rotatable bonds is 5. The van der Waals surface area contributed by atoms with E-state index in [0.29, 0.717) is 0 Å². The molecule has 0 saturated heterocycles. The molecule has 0 saturated carbocycles. The van der Waals surface area contributed by atoms with Crippen LogP contribution in [-0.2, 0) is 6.42 Å². The molecule has 1 N–H and O–H groups in total. The van der Waals surface area contributed by atoms with Crippen LogP contribution in [0.15, 0.2) is 11.4 Å². The first-order valence-electron chi connectivity index (χ1n) is 4.97. The minimum absolute atomic E-state index is 0.321. The summed E-state index contributed by atoms with van der Waals surface area (Å²) >= 11 is 1.64. The third kappa shape index (κ3) is 2.87. The molecule has 1 aromatic rings. The molecule has 1 unspecified atom stereocenters. The van der Waals surface area contributed by atoms with Crippen LogP contribution in [0.1, 0.15) is 42.7 Å². The van der Waals surface area contributed by atoms with E-state index < -0.39 is 0 Å². The lowest BCUT2D eigenvalue weighted by Crippen LogP contribution is -1.97. The molecule has 0 aliphatic heterocycles. The third-order valence-corrected chi connectivity index (χ3v) is 3.32. The lowest BCUT2D eigenvalue weighted by Gasteiger charge is -2.09. The Bertz CT molecular complexity index is 308. The monoisotopic (exact) mass is 208 g/mol. The van der Waals surface area contributed by atoms with Gasteiger partial charge in [-0.2, -0.15) is 0 Å². The highest BCUT2D eigenvalue weighted by Crippen LogP contribution is 2.28. The van der Waals surface area contributed by atoms with Crippen LogP contribution in [0.3, 0.4) is 0 Å². The fourth-order valence-corrected chi connectivity index (χ4v) is 2.48. The molecular weight excluding hydrogens is 192 g/mol. The number of aliphatic hydroxyl groups is 1. The van der Waals surface area contributed by atoms with Gasteiger partial charge in [0.2, 0.25) is 0 Å². The van der Waals surface area contributed by atoms with E-state index in [4.69, 9.17) is 6.42 Å². The summed E-state index contributed by atoms with van der Waals surface area (Å²) in [6, 6.07) is 2.09. The standard InChI is InChI=1S/C12H16OS/c1-3-5-6-7-11(13)12-10(4-2)8-9-14-12/h1,8-9,11,13H,4-7H2,2H3. The largest absolute Gasteiger partial charge is 0.388 e. The Balaban J connectivity index is 2.52. The molecule has 0 bridgehead atoms. The number of aryl methyl sites for hydroxylation is 1. The van der Waals surface area contributed by atoms with Crippen LogP contribution in [0.4, 0.5) is 0 Å². The van der Waals surface area contributed by atoms with E-state index in [1.165, 1.54) is 5.56 Å². The predicted octanol–water partition coefficient (Wildman–Crippen LogP) is 3.15. The summed E-state index contributed by atoms with van der Waals surface area (Å²) in [5.74, 6) is 2.59. The number of terminal acetylenes is 1. The molecule has 1 heterocycles. The molecular formula is C12H16OS. The lowest BCUT2D eigenvalue weighted by molar-refractivity contribution is 0.168. The summed E-state index contributed by atoms with van der Waals surface area (Å²) in [5, 5.41) is 11.9. The second kappa shape index (κ2) is 5.85. The van der Waals surface area contributed by atoms with Crippen molar-refractivity contribution in [2.24, 2.45) is 0 Å². The van der Waals surface area contributed by atoms with Crippen molar-refractivity contribution in [3.8, 4) is 12.3 Å². The molecule has 2 heteroatoms. The second-order valence-electron chi connectivity index (χ2n) is 3.28. The number of hydrogen-bond acceptors (Lipinski definition) is 2. The van der Waals surface area contributed by atoms with Gasteiger partial charge in [-0.1, -0.05) is 6.92 Å². The first-order chi connectivity index (χ1) is 6.79. The summed E-state index contributed by atoms with van der Waals surface area (Å²) in [7, 11) is 0. The van der Waals surface area contributed by atoms with Gasteiger partial charge in [0.1, 0.15) is 0 Å².